The van der Waals surface area contributed by atoms with E-state index in [4.69, 9.17) is 4.74 Å². The number of hydrogen-bond donors (Lipinski definition) is 1. The summed E-state index contributed by atoms with van der Waals surface area (Å²) in [5.41, 5.74) is 1.09. The van der Waals surface area contributed by atoms with Crippen LogP contribution >= 0.6 is 0 Å². The van der Waals surface area contributed by atoms with Crippen LogP contribution in [0.4, 0.5) is 0 Å². The Bertz CT molecular complexity index is 498. The van der Waals surface area contributed by atoms with Gasteiger partial charge in [-0.15, -0.1) is 0 Å². The van der Waals surface area contributed by atoms with Crippen LogP contribution in [-0.2, 0) is 20.9 Å². The molecule has 0 unspecified atom stereocenters. The molecule has 23 heavy (non-hydrogen) atoms. The molecule has 0 radical (unpaired) electrons. The van der Waals surface area contributed by atoms with Crippen LogP contribution in [0.3, 0.4) is 0 Å². The molecule has 5 heteroatoms. The number of carbonyl (C=O) groups excluding carboxylic acids is 2. The smallest absolute Gasteiger partial charge is 0.246 e. The summed E-state index contributed by atoms with van der Waals surface area (Å²) in [6.45, 7) is 1.03. The lowest BCUT2D eigenvalue weighted by atomic mass is 10.2. The average molecular weight is 318 g/mol. The quantitative estimate of drug-likeness (QED) is 0.798. The SMILES string of the molecule is CN(Cc1ccccc1)C(=O)CCNC(=O)COC1CCCC1. The summed E-state index contributed by atoms with van der Waals surface area (Å²) in [5.74, 6) is -0.124. The van der Waals surface area contributed by atoms with Gasteiger partial charge in [0, 0.05) is 26.6 Å². The lowest BCUT2D eigenvalue weighted by molar-refractivity contribution is -0.131. The third kappa shape index (κ3) is 6.40. The molecule has 2 rings (SSSR count). The highest BCUT2D eigenvalue weighted by molar-refractivity contribution is 5.79. The number of benzene rings is 1. The normalized spacial score (nSPS) is 14.7. The highest BCUT2D eigenvalue weighted by Crippen LogP contribution is 2.20. The van der Waals surface area contributed by atoms with E-state index in [1.807, 2.05) is 30.3 Å². The van der Waals surface area contributed by atoms with Crippen LogP contribution in [-0.4, -0.2) is 43.0 Å². The Morgan fingerprint density at radius 1 is 1.22 bits per heavy atom. The molecular formula is C18H26N2O3. The summed E-state index contributed by atoms with van der Waals surface area (Å²) in [4.78, 5) is 25.4. The highest BCUT2D eigenvalue weighted by Gasteiger charge is 2.16. The second-order valence-electron chi connectivity index (χ2n) is 6.05. The van der Waals surface area contributed by atoms with E-state index in [1.54, 1.807) is 11.9 Å². The molecule has 1 aliphatic rings. The number of nitrogens with one attached hydrogen (secondary N) is 1. The molecule has 1 saturated carbocycles. The summed E-state index contributed by atoms with van der Waals surface area (Å²) < 4.78 is 5.54. The lowest BCUT2D eigenvalue weighted by Gasteiger charge is -2.17. The van der Waals surface area contributed by atoms with E-state index in [1.165, 1.54) is 12.8 Å². The molecule has 0 heterocycles. The Balaban J connectivity index is 1.59. The van der Waals surface area contributed by atoms with Crippen molar-refractivity contribution in [2.75, 3.05) is 20.2 Å². The molecule has 1 aromatic carbocycles. The van der Waals surface area contributed by atoms with Crippen LogP contribution in [0.1, 0.15) is 37.7 Å². The van der Waals surface area contributed by atoms with Gasteiger partial charge in [0.1, 0.15) is 6.61 Å². The molecular weight excluding hydrogens is 292 g/mol. The van der Waals surface area contributed by atoms with E-state index in [0.29, 0.717) is 19.5 Å². The molecule has 0 saturated heterocycles. The Hall–Kier alpha value is -1.88. The van der Waals surface area contributed by atoms with Crippen LogP contribution in [0, 0.1) is 0 Å². The van der Waals surface area contributed by atoms with Crippen LogP contribution in [0.25, 0.3) is 0 Å². The summed E-state index contributed by atoms with van der Waals surface area (Å²) in [7, 11) is 1.78. The maximum absolute atomic E-state index is 12.0. The van der Waals surface area contributed by atoms with E-state index in [2.05, 4.69) is 5.32 Å². The number of hydrogen-bond acceptors (Lipinski definition) is 3. The van der Waals surface area contributed by atoms with E-state index in [-0.39, 0.29) is 24.5 Å². The lowest BCUT2D eigenvalue weighted by Crippen LogP contribution is -2.34. The molecule has 0 aliphatic heterocycles. The van der Waals surface area contributed by atoms with Crippen LogP contribution in [0.2, 0.25) is 0 Å². The number of amides is 2. The summed E-state index contributed by atoms with van der Waals surface area (Å²) in [6, 6.07) is 9.85. The zero-order valence-corrected chi connectivity index (χ0v) is 13.8. The van der Waals surface area contributed by atoms with E-state index >= 15 is 0 Å². The van der Waals surface area contributed by atoms with Gasteiger partial charge < -0.3 is 15.0 Å². The second kappa shape index (κ2) is 9.30. The standard InChI is InChI=1S/C18H26N2O3/c1-20(13-15-7-3-2-4-8-15)18(22)11-12-19-17(21)14-23-16-9-5-6-10-16/h2-4,7-8,16H,5-6,9-14H2,1H3,(H,19,21). The third-order valence-corrected chi connectivity index (χ3v) is 4.10. The Morgan fingerprint density at radius 2 is 1.91 bits per heavy atom. The Morgan fingerprint density at radius 3 is 2.61 bits per heavy atom. The Labute approximate surface area is 138 Å². The zero-order chi connectivity index (χ0) is 16.5. The summed E-state index contributed by atoms with van der Waals surface area (Å²) >= 11 is 0. The number of rotatable bonds is 8. The van der Waals surface area contributed by atoms with Crippen LogP contribution < -0.4 is 5.32 Å². The summed E-state index contributed by atoms with van der Waals surface area (Å²) in [6.07, 6.45) is 5.02. The van der Waals surface area contributed by atoms with Crippen molar-refractivity contribution in [1.82, 2.24) is 10.2 Å². The maximum atomic E-state index is 12.0. The number of carbonyl (C=O) groups is 2. The first-order valence-electron chi connectivity index (χ1n) is 8.31. The van der Waals surface area contributed by atoms with Crippen LogP contribution in [0.15, 0.2) is 30.3 Å². The van der Waals surface area contributed by atoms with Crippen LogP contribution in [0.5, 0.6) is 0 Å². The molecule has 2 amide bonds. The van der Waals surface area contributed by atoms with E-state index in [9.17, 15) is 9.59 Å². The largest absolute Gasteiger partial charge is 0.368 e. The minimum atomic E-state index is -0.143. The minimum absolute atomic E-state index is 0.0193. The van der Waals surface area contributed by atoms with Crippen molar-refractivity contribution in [3.8, 4) is 0 Å². The van der Waals surface area contributed by atoms with Gasteiger partial charge >= 0.3 is 0 Å². The molecule has 1 N–H and O–H groups in total. The predicted octanol–water partition coefficient (Wildman–Crippen LogP) is 2.11. The summed E-state index contributed by atoms with van der Waals surface area (Å²) in [5, 5.41) is 2.74. The fourth-order valence-electron chi connectivity index (χ4n) is 2.74. The van der Waals surface area contributed by atoms with Gasteiger partial charge in [-0.05, 0) is 18.4 Å². The van der Waals surface area contributed by atoms with Gasteiger partial charge in [-0.2, -0.15) is 0 Å². The van der Waals surface area contributed by atoms with E-state index < -0.39 is 0 Å². The molecule has 0 bridgehead atoms. The zero-order valence-electron chi connectivity index (χ0n) is 13.8. The van der Waals surface area contributed by atoms with Gasteiger partial charge in [0.15, 0.2) is 0 Å². The van der Waals surface area contributed by atoms with Gasteiger partial charge in [0.25, 0.3) is 0 Å². The van der Waals surface area contributed by atoms with Gasteiger partial charge in [0.2, 0.25) is 11.8 Å². The fourth-order valence-corrected chi connectivity index (χ4v) is 2.74. The van der Waals surface area contributed by atoms with Gasteiger partial charge in [-0.1, -0.05) is 43.2 Å². The van der Waals surface area contributed by atoms with Gasteiger partial charge in [0.05, 0.1) is 6.10 Å². The monoisotopic (exact) mass is 318 g/mol. The van der Waals surface area contributed by atoms with Crippen molar-refractivity contribution in [2.45, 2.75) is 44.8 Å². The van der Waals surface area contributed by atoms with E-state index in [0.717, 1.165) is 18.4 Å². The fraction of sp³-hybridized carbons (Fsp3) is 0.556. The van der Waals surface area contributed by atoms with Gasteiger partial charge in [-0.3, -0.25) is 9.59 Å². The van der Waals surface area contributed by atoms with Crippen molar-refractivity contribution in [3.05, 3.63) is 35.9 Å². The van der Waals surface area contributed by atoms with Crippen molar-refractivity contribution < 1.29 is 14.3 Å². The topological polar surface area (TPSA) is 58.6 Å². The minimum Gasteiger partial charge on any atom is -0.368 e. The molecule has 0 atom stereocenters. The molecule has 5 nitrogen and oxygen atoms in total. The van der Waals surface area contributed by atoms with Crippen molar-refractivity contribution in [2.24, 2.45) is 0 Å². The molecule has 1 aliphatic carbocycles. The van der Waals surface area contributed by atoms with Crippen molar-refractivity contribution in [3.63, 3.8) is 0 Å². The molecule has 1 fully saturated rings. The maximum Gasteiger partial charge on any atom is 0.246 e. The number of ether oxygens (including phenoxy) is 1. The molecule has 0 aromatic heterocycles. The second-order valence-corrected chi connectivity index (χ2v) is 6.05. The average Bonchev–Trinajstić information content (AvgIpc) is 3.07. The first-order chi connectivity index (χ1) is 11.1. The first-order valence-corrected chi connectivity index (χ1v) is 8.31. The van der Waals surface area contributed by atoms with Crippen molar-refractivity contribution in [1.29, 1.82) is 0 Å². The third-order valence-electron chi connectivity index (χ3n) is 4.10. The van der Waals surface area contributed by atoms with Crippen molar-refractivity contribution >= 4 is 11.8 Å². The first kappa shape index (κ1) is 17.5. The Kier molecular flexibility index (Phi) is 7.07. The predicted molar refractivity (Wildman–Crippen MR) is 88.8 cm³/mol. The highest BCUT2D eigenvalue weighted by atomic mass is 16.5. The molecule has 1 aromatic rings. The number of nitrogens with zero attached hydrogens (tertiary/aromatic N) is 1. The van der Waals surface area contributed by atoms with Gasteiger partial charge in [-0.25, -0.2) is 0 Å². The molecule has 126 valence electrons. The molecule has 0 spiro atoms.